The average molecular weight is 271 g/mol. The van der Waals surface area contributed by atoms with E-state index < -0.39 is 11.5 Å². The Balaban J connectivity index is 2.50. The number of hydrogen-bond donors (Lipinski definition) is 5. The molecule has 1 fully saturated rings. The molecule has 1 amide bonds. The van der Waals surface area contributed by atoms with Crippen molar-refractivity contribution in [2.75, 3.05) is 13.1 Å². The smallest absolute Gasteiger partial charge is 0.329 e. The van der Waals surface area contributed by atoms with Gasteiger partial charge < -0.3 is 27.2 Å². The Hall–Kier alpha value is -1.83. The van der Waals surface area contributed by atoms with E-state index in [2.05, 4.69) is 15.6 Å². The minimum Gasteiger partial charge on any atom is -0.480 e. The van der Waals surface area contributed by atoms with E-state index in [4.69, 9.17) is 11.5 Å². The van der Waals surface area contributed by atoms with Crippen molar-refractivity contribution >= 4 is 17.8 Å². The SMILES string of the molecule is C[C@@](CCCN=C(N)N)(NC(=O)C1CCN1)C(=O)O. The van der Waals surface area contributed by atoms with Gasteiger partial charge in [0.25, 0.3) is 0 Å². The lowest BCUT2D eigenvalue weighted by Gasteiger charge is -2.32. The number of aliphatic imine (C=N–C) groups is 1. The summed E-state index contributed by atoms with van der Waals surface area (Å²) in [6.07, 6.45) is 1.46. The fourth-order valence-corrected chi connectivity index (χ4v) is 1.74. The molecular weight excluding hydrogens is 250 g/mol. The van der Waals surface area contributed by atoms with E-state index in [1.165, 1.54) is 6.92 Å². The molecule has 8 nitrogen and oxygen atoms in total. The lowest BCUT2D eigenvalue weighted by atomic mass is 9.94. The molecule has 0 bridgehead atoms. The summed E-state index contributed by atoms with van der Waals surface area (Å²) in [6.45, 7) is 2.61. The number of rotatable bonds is 7. The van der Waals surface area contributed by atoms with E-state index in [-0.39, 0.29) is 24.3 Å². The monoisotopic (exact) mass is 271 g/mol. The molecule has 0 aliphatic carbocycles. The van der Waals surface area contributed by atoms with E-state index in [0.29, 0.717) is 13.0 Å². The van der Waals surface area contributed by atoms with Crippen LogP contribution >= 0.6 is 0 Å². The van der Waals surface area contributed by atoms with Crippen LogP contribution in [0, 0.1) is 0 Å². The first-order valence-corrected chi connectivity index (χ1v) is 6.19. The van der Waals surface area contributed by atoms with Gasteiger partial charge in [0.2, 0.25) is 5.91 Å². The Morgan fingerprint density at radius 2 is 2.16 bits per heavy atom. The van der Waals surface area contributed by atoms with Crippen LogP contribution in [0.15, 0.2) is 4.99 Å². The molecule has 0 spiro atoms. The van der Waals surface area contributed by atoms with Crippen molar-refractivity contribution < 1.29 is 14.7 Å². The van der Waals surface area contributed by atoms with Crippen LogP contribution in [0.25, 0.3) is 0 Å². The third kappa shape index (κ3) is 4.40. The van der Waals surface area contributed by atoms with Crippen molar-refractivity contribution in [3.63, 3.8) is 0 Å². The number of carboxylic acid groups (broad SMARTS) is 1. The molecule has 1 rings (SSSR count). The molecule has 108 valence electrons. The van der Waals surface area contributed by atoms with Crippen molar-refractivity contribution in [1.29, 1.82) is 0 Å². The summed E-state index contributed by atoms with van der Waals surface area (Å²) in [4.78, 5) is 26.9. The topological polar surface area (TPSA) is 143 Å². The first kappa shape index (κ1) is 15.2. The second-order valence-corrected chi connectivity index (χ2v) is 4.83. The highest BCUT2D eigenvalue weighted by Gasteiger charge is 2.37. The van der Waals surface area contributed by atoms with Crippen molar-refractivity contribution in [3.05, 3.63) is 0 Å². The highest BCUT2D eigenvalue weighted by Crippen LogP contribution is 2.14. The largest absolute Gasteiger partial charge is 0.480 e. The minimum absolute atomic E-state index is 0.0280. The molecule has 1 unspecified atom stereocenters. The number of nitrogens with zero attached hydrogens (tertiary/aromatic N) is 1. The summed E-state index contributed by atoms with van der Waals surface area (Å²) in [5, 5.41) is 14.7. The zero-order valence-corrected chi connectivity index (χ0v) is 11.0. The highest BCUT2D eigenvalue weighted by molar-refractivity contribution is 5.89. The summed E-state index contributed by atoms with van der Waals surface area (Å²) in [6, 6.07) is -0.281. The van der Waals surface area contributed by atoms with Crippen LogP contribution in [0.5, 0.6) is 0 Å². The van der Waals surface area contributed by atoms with E-state index in [1.54, 1.807) is 0 Å². The van der Waals surface area contributed by atoms with Crippen molar-refractivity contribution in [3.8, 4) is 0 Å². The fraction of sp³-hybridized carbons (Fsp3) is 0.727. The van der Waals surface area contributed by atoms with Gasteiger partial charge in [-0.1, -0.05) is 0 Å². The van der Waals surface area contributed by atoms with E-state index >= 15 is 0 Å². The van der Waals surface area contributed by atoms with Crippen LogP contribution in [0.3, 0.4) is 0 Å². The first-order chi connectivity index (χ1) is 8.85. The average Bonchev–Trinajstić information content (AvgIpc) is 2.21. The molecule has 0 saturated carbocycles. The third-order valence-corrected chi connectivity index (χ3v) is 3.14. The lowest BCUT2D eigenvalue weighted by molar-refractivity contribution is -0.147. The third-order valence-electron chi connectivity index (χ3n) is 3.14. The number of nitrogens with one attached hydrogen (secondary N) is 2. The Labute approximate surface area is 111 Å². The standard InChI is InChI=1S/C11H21N5O3/c1-11(9(18)19,4-2-5-15-10(12)13)16-8(17)7-3-6-14-7/h7,14H,2-6H2,1H3,(H,16,17)(H,18,19)(H4,12,13,15)/t7?,11-/m0/s1. The summed E-state index contributed by atoms with van der Waals surface area (Å²) < 4.78 is 0. The number of amides is 1. The molecule has 0 aromatic carbocycles. The molecule has 1 heterocycles. The molecule has 0 aromatic rings. The number of aliphatic carboxylic acids is 1. The van der Waals surface area contributed by atoms with E-state index in [9.17, 15) is 14.7 Å². The summed E-state index contributed by atoms with van der Waals surface area (Å²) in [5.74, 6) is -1.37. The Morgan fingerprint density at radius 1 is 1.53 bits per heavy atom. The molecule has 1 aliphatic rings. The quantitative estimate of drug-likeness (QED) is 0.213. The predicted octanol–water partition coefficient (Wildman–Crippen LogP) is -1.64. The summed E-state index contributed by atoms with van der Waals surface area (Å²) in [5.41, 5.74) is 9.06. The Bertz CT molecular complexity index is 377. The molecule has 1 saturated heterocycles. The van der Waals surface area contributed by atoms with Gasteiger partial charge in [-0.2, -0.15) is 0 Å². The van der Waals surface area contributed by atoms with Gasteiger partial charge in [-0.25, -0.2) is 4.79 Å². The zero-order chi connectivity index (χ0) is 14.5. The predicted molar refractivity (Wildman–Crippen MR) is 70.5 cm³/mol. The van der Waals surface area contributed by atoms with E-state index in [1.807, 2.05) is 0 Å². The van der Waals surface area contributed by atoms with Gasteiger partial charge in [-0.15, -0.1) is 0 Å². The number of hydrogen-bond acceptors (Lipinski definition) is 4. The van der Waals surface area contributed by atoms with Crippen molar-refractivity contribution in [1.82, 2.24) is 10.6 Å². The van der Waals surface area contributed by atoms with Gasteiger partial charge in [-0.05, 0) is 32.7 Å². The molecule has 0 radical (unpaired) electrons. The molecule has 7 N–H and O–H groups in total. The number of guanidine groups is 1. The van der Waals surface area contributed by atoms with Crippen molar-refractivity contribution in [2.45, 2.75) is 37.8 Å². The maximum Gasteiger partial charge on any atom is 0.329 e. The molecule has 1 aliphatic heterocycles. The second-order valence-electron chi connectivity index (χ2n) is 4.83. The highest BCUT2D eigenvalue weighted by atomic mass is 16.4. The van der Waals surface area contributed by atoms with Gasteiger partial charge in [0.1, 0.15) is 5.54 Å². The maximum absolute atomic E-state index is 11.8. The second kappa shape index (κ2) is 6.37. The maximum atomic E-state index is 11.8. The molecule has 2 atom stereocenters. The van der Waals surface area contributed by atoms with Gasteiger partial charge in [0, 0.05) is 6.54 Å². The molecule has 0 aromatic heterocycles. The number of carbonyl (C=O) groups is 2. The lowest BCUT2D eigenvalue weighted by Crippen LogP contribution is -2.60. The Morgan fingerprint density at radius 3 is 2.58 bits per heavy atom. The van der Waals surface area contributed by atoms with Gasteiger partial charge in [0.15, 0.2) is 5.96 Å². The van der Waals surface area contributed by atoms with Crippen molar-refractivity contribution in [2.24, 2.45) is 16.5 Å². The number of carbonyl (C=O) groups excluding carboxylic acids is 1. The summed E-state index contributed by atoms with van der Waals surface area (Å²) >= 11 is 0. The molecular formula is C11H21N5O3. The normalized spacial score (nSPS) is 20.8. The van der Waals surface area contributed by atoms with Crippen LogP contribution in [0.4, 0.5) is 0 Å². The molecule has 19 heavy (non-hydrogen) atoms. The van der Waals surface area contributed by atoms with Crippen LogP contribution < -0.4 is 22.1 Å². The van der Waals surface area contributed by atoms with E-state index in [0.717, 1.165) is 13.0 Å². The van der Waals surface area contributed by atoms with Crippen LogP contribution in [-0.2, 0) is 9.59 Å². The fourth-order valence-electron chi connectivity index (χ4n) is 1.74. The van der Waals surface area contributed by atoms with Crippen LogP contribution in [-0.4, -0.2) is 47.6 Å². The zero-order valence-electron chi connectivity index (χ0n) is 11.0. The van der Waals surface area contributed by atoms with Crippen LogP contribution in [0.1, 0.15) is 26.2 Å². The summed E-state index contributed by atoms with van der Waals surface area (Å²) in [7, 11) is 0. The van der Waals surface area contributed by atoms with Gasteiger partial charge in [0.05, 0.1) is 6.04 Å². The van der Waals surface area contributed by atoms with Gasteiger partial charge in [-0.3, -0.25) is 9.79 Å². The van der Waals surface area contributed by atoms with Crippen LogP contribution in [0.2, 0.25) is 0 Å². The number of nitrogens with two attached hydrogens (primary N) is 2. The van der Waals surface area contributed by atoms with Gasteiger partial charge >= 0.3 is 5.97 Å². The molecule has 8 heteroatoms. The minimum atomic E-state index is -1.30. The first-order valence-electron chi connectivity index (χ1n) is 6.19. The Kier molecular flexibility index (Phi) is 5.11. The number of carboxylic acids is 1.